The molecule has 32 heavy (non-hydrogen) atoms. The van der Waals surface area contributed by atoms with Crippen molar-refractivity contribution in [1.29, 1.82) is 0 Å². The quantitative estimate of drug-likeness (QED) is 0.420. The monoisotopic (exact) mass is 477 g/mol. The van der Waals surface area contributed by atoms with Crippen molar-refractivity contribution in [3.05, 3.63) is 89.6 Å². The van der Waals surface area contributed by atoms with Gasteiger partial charge in [-0.2, -0.15) is 18.3 Å². The number of rotatable bonds is 4. The first-order valence-corrected chi connectivity index (χ1v) is 11.1. The first-order valence-electron chi connectivity index (χ1n) is 9.19. The maximum Gasteiger partial charge on any atom is 0.435 e. The molecule has 164 valence electrons. The highest BCUT2D eigenvalue weighted by Crippen LogP contribution is 2.34. The summed E-state index contributed by atoms with van der Waals surface area (Å²) in [7, 11) is -3.93. The maximum atomic E-state index is 13.4. The summed E-state index contributed by atoms with van der Waals surface area (Å²) in [5, 5.41) is 9.40. The molecule has 10 heteroatoms. The van der Waals surface area contributed by atoms with Crippen LogP contribution in [0.4, 0.5) is 13.2 Å². The van der Waals surface area contributed by atoms with Gasteiger partial charge in [-0.3, -0.25) is 0 Å². The molecule has 1 aromatic heterocycles. The Morgan fingerprint density at radius 1 is 0.812 bits per heavy atom. The van der Waals surface area contributed by atoms with Gasteiger partial charge >= 0.3 is 6.18 Å². The third-order valence-electron chi connectivity index (χ3n) is 4.77. The van der Waals surface area contributed by atoms with Crippen molar-refractivity contribution < 1.29 is 21.6 Å². The summed E-state index contributed by atoms with van der Waals surface area (Å²) >= 11 is 5.91. The summed E-state index contributed by atoms with van der Waals surface area (Å²) in [5.41, 5.74) is 1.66. The van der Waals surface area contributed by atoms with E-state index in [1.807, 2.05) is 12.1 Å². The first kappa shape index (κ1) is 22.1. The summed E-state index contributed by atoms with van der Waals surface area (Å²) in [6.45, 7) is 0. The Kier molecular flexibility index (Phi) is 5.58. The second kappa shape index (κ2) is 8.09. The summed E-state index contributed by atoms with van der Waals surface area (Å²) in [6, 6.07) is 20.2. The second-order valence-corrected chi connectivity index (χ2v) is 8.95. The van der Waals surface area contributed by atoms with Crippen LogP contribution in [0.5, 0.6) is 0 Å². The summed E-state index contributed by atoms with van der Waals surface area (Å²) < 4.78 is 64.2. The molecule has 0 aliphatic carbocycles. The van der Waals surface area contributed by atoms with E-state index in [0.717, 1.165) is 21.9 Å². The van der Waals surface area contributed by atoms with Crippen molar-refractivity contribution in [2.45, 2.75) is 11.1 Å². The van der Waals surface area contributed by atoms with E-state index >= 15 is 0 Å². The lowest BCUT2D eigenvalue weighted by atomic mass is 10.0. The van der Waals surface area contributed by atoms with Gasteiger partial charge in [0.2, 0.25) is 10.0 Å². The van der Waals surface area contributed by atoms with Gasteiger partial charge in [-0.15, -0.1) is 0 Å². The van der Waals surface area contributed by atoms with Crippen LogP contribution >= 0.6 is 11.6 Å². The zero-order valence-electron chi connectivity index (χ0n) is 16.2. The van der Waals surface area contributed by atoms with Gasteiger partial charge in [0.15, 0.2) is 5.69 Å². The highest BCUT2D eigenvalue weighted by atomic mass is 35.5. The van der Waals surface area contributed by atoms with Crippen molar-refractivity contribution in [1.82, 2.24) is 9.78 Å². The Balaban J connectivity index is 1.78. The first-order chi connectivity index (χ1) is 15.0. The molecule has 0 unspecified atom stereocenters. The molecule has 4 rings (SSSR count). The number of alkyl halides is 3. The normalized spacial score (nSPS) is 12.2. The average Bonchev–Trinajstić information content (AvgIpc) is 3.20. The van der Waals surface area contributed by atoms with E-state index in [-0.39, 0.29) is 16.3 Å². The van der Waals surface area contributed by atoms with E-state index in [0.29, 0.717) is 10.6 Å². The number of primary sulfonamides is 1. The van der Waals surface area contributed by atoms with Crippen LogP contribution in [0.2, 0.25) is 5.02 Å². The molecule has 0 saturated heterocycles. The number of benzene rings is 3. The molecule has 3 aromatic carbocycles. The van der Waals surface area contributed by atoms with Crippen molar-refractivity contribution in [2.24, 2.45) is 5.14 Å². The SMILES string of the molecule is NS(=O)(=O)c1ccc(-n2nc(C(F)(F)F)cc2-c2ccc(-c3ccc(Cl)cc3)cc2)cc1. The van der Waals surface area contributed by atoms with Gasteiger partial charge in [0.25, 0.3) is 0 Å². The number of hydrogen-bond acceptors (Lipinski definition) is 3. The number of halogens is 4. The number of nitrogens with two attached hydrogens (primary N) is 1. The Hall–Kier alpha value is -3.14. The maximum absolute atomic E-state index is 13.4. The van der Waals surface area contributed by atoms with E-state index in [9.17, 15) is 21.6 Å². The smallest absolute Gasteiger partial charge is 0.233 e. The fraction of sp³-hybridized carbons (Fsp3) is 0.0455. The van der Waals surface area contributed by atoms with Gasteiger partial charge in [-0.05, 0) is 53.6 Å². The Morgan fingerprint density at radius 2 is 1.31 bits per heavy atom. The van der Waals surface area contributed by atoms with Gasteiger partial charge in [0.1, 0.15) is 0 Å². The minimum atomic E-state index is -4.65. The molecule has 0 bridgehead atoms. The molecule has 0 radical (unpaired) electrons. The molecule has 2 N–H and O–H groups in total. The fourth-order valence-electron chi connectivity index (χ4n) is 3.17. The van der Waals surface area contributed by atoms with Crippen molar-refractivity contribution in [3.63, 3.8) is 0 Å². The molecule has 1 heterocycles. The molecule has 0 aliphatic heterocycles. The van der Waals surface area contributed by atoms with Gasteiger partial charge in [-0.25, -0.2) is 18.2 Å². The summed E-state index contributed by atoms with van der Waals surface area (Å²) in [6.07, 6.45) is -4.65. The summed E-state index contributed by atoms with van der Waals surface area (Å²) in [4.78, 5) is -0.154. The number of hydrogen-bond donors (Lipinski definition) is 1. The van der Waals surface area contributed by atoms with Crippen molar-refractivity contribution in [3.8, 4) is 28.1 Å². The highest BCUT2D eigenvalue weighted by molar-refractivity contribution is 7.89. The van der Waals surface area contributed by atoms with E-state index in [2.05, 4.69) is 5.10 Å². The van der Waals surface area contributed by atoms with Crippen LogP contribution in [0.3, 0.4) is 0 Å². The van der Waals surface area contributed by atoms with Crippen LogP contribution in [-0.2, 0) is 16.2 Å². The molecule has 0 aliphatic rings. The zero-order chi connectivity index (χ0) is 23.1. The largest absolute Gasteiger partial charge is 0.435 e. The lowest BCUT2D eigenvalue weighted by Crippen LogP contribution is -2.12. The van der Waals surface area contributed by atoms with Crippen LogP contribution < -0.4 is 5.14 Å². The molecule has 4 aromatic rings. The second-order valence-electron chi connectivity index (χ2n) is 6.95. The number of nitrogens with zero attached hydrogens (tertiary/aromatic N) is 2. The lowest BCUT2D eigenvalue weighted by Gasteiger charge is -2.09. The molecule has 0 saturated carbocycles. The van der Waals surface area contributed by atoms with Crippen LogP contribution in [0.1, 0.15) is 5.69 Å². The van der Waals surface area contributed by atoms with E-state index < -0.39 is 21.9 Å². The van der Waals surface area contributed by atoms with Crippen LogP contribution in [0.25, 0.3) is 28.1 Å². The molecule has 0 spiro atoms. The lowest BCUT2D eigenvalue weighted by molar-refractivity contribution is -0.141. The topological polar surface area (TPSA) is 78.0 Å². The Labute approximate surface area is 186 Å². The Bertz CT molecular complexity index is 1360. The summed E-state index contributed by atoms with van der Waals surface area (Å²) in [5.74, 6) is 0. The van der Waals surface area contributed by atoms with E-state index in [1.165, 1.54) is 24.3 Å². The zero-order valence-corrected chi connectivity index (χ0v) is 17.8. The standard InChI is InChI=1S/C22H15ClF3N3O2S/c23-17-7-5-15(6-8-17)14-1-3-16(4-2-14)20-13-21(22(24,25)26)28-29(20)18-9-11-19(12-10-18)32(27,30)31/h1-13H,(H2,27,30,31). The predicted octanol–water partition coefficient (Wildman–Crippen LogP) is 5.53. The van der Waals surface area contributed by atoms with Crippen LogP contribution in [0.15, 0.2) is 83.8 Å². The molecule has 5 nitrogen and oxygen atoms in total. The number of aromatic nitrogens is 2. The minimum absolute atomic E-state index is 0.154. The molecule has 0 amide bonds. The van der Waals surface area contributed by atoms with Crippen molar-refractivity contribution >= 4 is 21.6 Å². The van der Waals surface area contributed by atoms with E-state index in [1.54, 1.807) is 36.4 Å². The molecular formula is C22H15ClF3N3O2S. The third-order valence-corrected chi connectivity index (χ3v) is 5.95. The minimum Gasteiger partial charge on any atom is -0.233 e. The van der Waals surface area contributed by atoms with E-state index in [4.69, 9.17) is 16.7 Å². The predicted molar refractivity (Wildman–Crippen MR) is 116 cm³/mol. The average molecular weight is 478 g/mol. The van der Waals surface area contributed by atoms with Gasteiger partial charge in [-0.1, -0.05) is 48.0 Å². The van der Waals surface area contributed by atoms with Gasteiger partial charge in [0.05, 0.1) is 16.3 Å². The molecule has 0 atom stereocenters. The Morgan fingerprint density at radius 3 is 1.81 bits per heavy atom. The van der Waals surface area contributed by atoms with Crippen LogP contribution in [0, 0.1) is 0 Å². The third kappa shape index (κ3) is 4.55. The number of sulfonamides is 1. The molecular weight excluding hydrogens is 463 g/mol. The van der Waals surface area contributed by atoms with Gasteiger partial charge in [0, 0.05) is 10.6 Å². The fourth-order valence-corrected chi connectivity index (χ4v) is 3.82. The molecule has 0 fully saturated rings. The highest BCUT2D eigenvalue weighted by Gasteiger charge is 2.35. The van der Waals surface area contributed by atoms with Crippen molar-refractivity contribution in [2.75, 3.05) is 0 Å². The van der Waals surface area contributed by atoms with Gasteiger partial charge < -0.3 is 0 Å². The van der Waals surface area contributed by atoms with Crippen LogP contribution in [-0.4, -0.2) is 18.2 Å².